The third-order valence-electron chi connectivity index (χ3n) is 2.95. The molecule has 0 aliphatic rings. The van der Waals surface area contributed by atoms with Gasteiger partial charge in [0, 0.05) is 6.54 Å². The Morgan fingerprint density at radius 2 is 2.10 bits per heavy atom. The number of carboxylic acids is 1. The van der Waals surface area contributed by atoms with Crippen LogP contribution in [0.15, 0.2) is 41.8 Å². The van der Waals surface area contributed by atoms with Crippen LogP contribution < -0.4 is 4.31 Å². The second-order valence-electron chi connectivity index (χ2n) is 4.42. The molecule has 0 saturated heterocycles. The summed E-state index contributed by atoms with van der Waals surface area (Å²) in [6.07, 6.45) is 2.17. The molecule has 0 saturated carbocycles. The van der Waals surface area contributed by atoms with Gasteiger partial charge in [-0.25, -0.2) is 4.98 Å². The molecule has 2 N–H and O–H groups in total. The maximum absolute atomic E-state index is 12.6. The highest BCUT2D eigenvalue weighted by Crippen LogP contribution is 2.25. The molecule has 1 heterocycles. The van der Waals surface area contributed by atoms with Gasteiger partial charge in [-0.3, -0.25) is 9.10 Å². The molecule has 2 aromatic rings. The monoisotopic (exact) mass is 309 g/mol. The number of aliphatic carboxylic acids is 1. The largest absolute Gasteiger partial charge is 0.481 e. The number of aryl methyl sites for hydroxylation is 1. The van der Waals surface area contributed by atoms with Crippen LogP contribution in [0.3, 0.4) is 0 Å². The third-order valence-corrected chi connectivity index (χ3v) is 4.69. The molecule has 112 valence electrons. The number of para-hydroxylation sites is 1. The van der Waals surface area contributed by atoms with E-state index in [0.717, 1.165) is 9.87 Å². The fraction of sp³-hybridized carbons (Fsp3) is 0.231. The molecular weight excluding hydrogens is 294 g/mol. The molecule has 1 aromatic carbocycles. The van der Waals surface area contributed by atoms with Gasteiger partial charge in [0.25, 0.3) is 10.0 Å². The summed E-state index contributed by atoms with van der Waals surface area (Å²) in [7, 11) is -3.88. The van der Waals surface area contributed by atoms with Crippen LogP contribution in [0.5, 0.6) is 0 Å². The lowest BCUT2D eigenvalue weighted by atomic mass is 10.2. The summed E-state index contributed by atoms with van der Waals surface area (Å²) in [5.74, 6) is -1.06. The molecule has 1 aromatic heterocycles. The Morgan fingerprint density at radius 1 is 1.38 bits per heavy atom. The van der Waals surface area contributed by atoms with Crippen LogP contribution in [0.2, 0.25) is 0 Å². The van der Waals surface area contributed by atoms with Crippen molar-refractivity contribution in [2.24, 2.45) is 0 Å². The number of nitrogens with zero attached hydrogens (tertiary/aromatic N) is 2. The van der Waals surface area contributed by atoms with Crippen molar-refractivity contribution < 1.29 is 18.3 Å². The number of sulfonamides is 1. The van der Waals surface area contributed by atoms with E-state index in [4.69, 9.17) is 5.11 Å². The SMILES string of the molecule is Cc1ccccc1N(CCC(=O)O)S(=O)(=O)c1cnc[nH]1. The van der Waals surface area contributed by atoms with Crippen molar-refractivity contribution >= 4 is 21.7 Å². The molecule has 0 aliphatic heterocycles. The van der Waals surface area contributed by atoms with Gasteiger partial charge in [-0.2, -0.15) is 8.42 Å². The highest BCUT2D eigenvalue weighted by atomic mass is 32.2. The Morgan fingerprint density at radius 3 is 2.67 bits per heavy atom. The predicted octanol–water partition coefficient (Wildman–Crippen LogP) is 1.39. The topological polar surface area (TPSA) is 103 Å². The smallest absolute Gasteiger partial charge is 0.305 e. The van der Waals surface area contributed by atoms with Crippen molar-refractivity contribution in [3.8, 4) is 0 Å². The van der Waals surface area contributed by atoms with Crippen LogP contribution in [0, 0.1) is 6.92 Å². The van der Waals surface area contributed by atoms with Gasteiger partial charge in [0.2, 0.25) is 0 Å². The van der Waals surface area contributed by atoms with Gasteiger partial charge in [0.15, 0.2) is 5.03 Å². The van der Waals surface area contributed by atoms with Crippen LogP contribution in [-0.4, -0.2) is 36.0 Å². The molecule has 0 atom stereocenters. The maximum atomic E-state index is 12.6. The van der Waals surface area contributed by atoms with E-state index >= 15 is 0 Å². The van der Waals surface area contributed by atoms with Gasteiger partial charge in [0.05, 0.1) is 24.6 Å². The van der Waals surface area contributed by atoms with E-state index in [2.05, 4.69) is 9.97 Å². The van der Waals surface area contributed by atoms with E-state index in [1.165, 1.54) is 12.5 Å². The fourth-order valence-electron chi connectivity index (χ4n) is 1.91. The van der Waals surface area contributed by atoms with Gasteiger partial charge in [-0.1, -0.05) is 18.2 Å². The van der Waals surface area contributed by atoms with Gasteiger partial charge in [0.1, 0.15) is 0 Å². The van der Waals surface area contributed by atoms with Crippen molar-refractivity contribution in [2.45, 2.75) is 18.4 Å². The van der Waals surface area contributed by atoms with E-state index in [1.807, 2.05) is 0 Å². The van der Waals surface area contributed by atoms with Gasteiger partial charge in [-0.15, -0.1) is 0 Å². The average molecular weight is 309 g/mol. The predicted molar refractivity (Wildman–Crippen MR) is 76.6 cm³/mol. The first-order valence-electron chi connectivity index (χ1n) is 6.21. The highest BCUT2D eigenvalue weighted by Gasteiger charge is 2.27. The fourth-order valence-corrected chi connectivity index (χ4v) is 3.34. The van der Waals surface area contributed by atoms with Gasteiger partial charge in [-0.05, 0) is 18.6 Å². The van der Waals surface area contributed by atoms with Crippen molar-refractivity contribution in [1.29, 1.82) is 0 Å². The zero-order valence-corrected chi connectivity index (χ0v) is 12.2. The molecule has 0 fully saturated rings. The summed E-state index contributed by atoms with van der Waals surface area (Å²) in [6.45, 7) is 1.62. The number of aromatic nitrogens is 2. The van der Waals surface area contributed by atoms with Crippen molar-refractivity contribution in [3.05, 3.63) is 42.4 Å². The number of imidazole rings is 1. The molecule has 0 unspecified atom stereocenters. The Bertz CT molecular complexity index is 726. The summed E-state index contributed by atoms with van der Waals surface area (Å²) < 4.78 is 26.3. The average Bonchev–Trinajstić information content (AvgIpc) is 2.95. The molecule has 8 heteroatoms. The number of H-pyrrole nitrogens is 1. The first-order chi connectivity index (χ1) is 9.93. The van der Waals surface area contributed by atoms with E-state index < -0.39 is 16.0 Å². The minimum atomic E-state index is -3.88. The number of benzene rings is 1. The second-order valence-corrected chi connectivity index (χ2v) is 6.25. The first kappa shape index (κ1) is 15.0. The minimum absolute atomic E-state index is 0.0730. The zero-order valence-electron chi connectivity index (χ0n) is 11.4. The lowest BCUT2D eigenvalue weighted by molar-refractivity contribution is -0.136. The molecule has 7 nitrogen and oxygen atoms in total. The lowest BCUT2D eigenvalue weighted by Gasteiger charge is -2.24. The quantitative estimate of drug-likeness (QED) is 0.839. The summed E-state index contributed by atoms with van der Waals surface area (Å²) in [4.78, 5) is 17.0. The summed E-state index contributed by atoms with van der Waals surface area (Å²) in [5, 5.41) is 8.76. The molecular formula is C13H15N3O4S. The minimum Gasteiger partial charge on any atom is -0.481 e. The number of carbonyl (C=O) groups is 1. The second kappa shape index (κ2) is 5.96. The van der Waals surface area contributed by atoms with E-state index in [9.17, 15) is 13.2 Å². The number of anilines is 1. The Labute approximate surface area is 122 Å². The van der Waals surface area contributed by atoms with E-state index in [1.54, 1.807) is 31.2 Å². The summed E-state index contributed by atoms with van der Waals surface area (Å²) >= 11 is 0. The van der Waals surface area contributed by atoms with Gasteiger partial charge < -0.3 is 10.1 Å². The number of hydrogen-bond donors (Lipinski definition) is 2. The summed E-state index contributed by atoms with van der Waals surface area (Å²) in [6, 6.07) is 6.91. The van der Waals surface area contributed by atoms with Gasteiger partial charge >= 0.3 is 5.97 Å². The van der Waals surface area contributed by atoms with Crippen LogP contribution in [0.25, 0.3) is 0 Å². The molecule has 0 spiro atoms. The van der Waals surface area contributed by atoms with Crippen molar-refractivity contribution in [2.75, 3.05) is 10.8 Å². The number of nitrogens with one attached hydrogen (secondary N) is 1. The first-order valence-corrected chi connectivity index (χ1v) is 7.65. The Balaban J connectivity index is 2.47. The standard InChI is InChI=1S/C13H15N3O4S/c1-10-4-2-3-5-11(10)16(7-6-13(17)18)21(19,20)12-8-14-9-15-12/h2-5,8-9H,6-7H2,1H3,(H,14,15)(H,17,18). The molecule has 0 aliphatic carbocycles. The number of hydrogen-bond acceptors (Lipinski definition) is 4. The molecule has 2 rings (SSSR count). The van der Waals surface area contributed by atoms with Crippen molar-refractivity contribution in [1.82, 2.24) is 9.97 Å². The number of aromatic amines is 1. The Hall–Kier alpha value is -2.35. The van der Waals surface area contributed by atoms with Crippen LogP contribution >= 0.6 is 0 Å². The lowest BCUT2D eigenvalue weighted by Crippen LogP contribution is -2.33. The van der Waals surface area contributed by atoms with Crippen LogP contribution in [0.4, 0.5) is 5.69 Å². The molecule has 0 radical (unpaired) electrons. The third kappa shape index (κ3) is 3.22. The summed E-state index contributed by atoms with van der Waals surface area (Å²) in [5.41, 5.74) is 1.19. The van der Waals surface area contributed by atoms with E-state index in [0.29, 0.717) is 5.69 Å². The van der Waals surface area contributed by atoms with Crippen LogP contribution in [0.1, 0.15) is 12.0 Å². The van der Waals surface area contributed by atoms with Crippen molar-refractivity contribution in [3.63, 3.8) is 0 Å². The molecule has 0 bridgehead atoms. The van der Waals surface area contributed by atoms with Crippen LogP contribution in [-0.2, 0) is 14.8 Å². The molecule has 21 heavy (non-hydrogen) atoms. The highest BCUT2D eigenvalue weighted by molar-refractivity contribution is 7.92. The number of carboxylic acid groups (broad SMARTS) is 1. The Kier molecular flexibility index (Phi) is 4.27. The maximum Gasteiger partial charge on any atom is 0.305 e. The zero-order chi connectivity index (χ0) is 15.5. The molecule has 0 amide bonds. The normalized spacial score (nSPS) is 11.3. The number of rotatable bonds is 6. The van der Waals surface area contributed by atoms with E-state index in [-0.39, 0.29) is 18.0 Å².